The second kappa shape index (κ2) is 4.67. The van der Waals surface area contributed by atoms with Crippen LogP contribution in [0.5, 0.6) is 0 Å². The molecule has 1 aromatic rings. The lowest BCUT2D eigenvalue weighted by Gasteiger charge is -2.01. The molecule has 1 aromatic heterocycles. The molecule has 0 amide bonds. The van der Waals surface area contributed by atoms with Crippen LogP contribution in [-0.4, -0.2) is 21.2 Å². The van der Waals surface area contributed by atoms with Crippen LogP contribution >= 0.6 is 23.4 Å². The molecule has 0 aliphatic rings. The SMILES string of the molecule is CCn1ccnc1SCCCl. The molecular formula is C7H11ClN2S. The molecule has 4 heteroatoms. The number of aryl methyl sites for hydroxylation is 1. The third-order valence-corrected chi connectivity index (χ3v) is 2.75. The summed E-state index contributed by atoms with van der Waals surface area (Å²) in [6, 6.07) is 0. The predicted molar refractivity (Wildman–Crippen MR) is 49.3 cm³/mol. The summed E-state index contributed by atoms with van der Waals surface area (Å²) in [4.78, 5) is 4.19. The Balaban J connectivity index is 2.54. The van der Waals surface area contributed by atoms with E-state index >= 15 is 0 Å². The number of hydrogen-bond donors (Lipinski definition) is 0. The second-order valence-electron chi connectivity index (χ2n) is 2.03. The first-order chi connectivity index (χ1) is 5.38. The van der Waals surface area contributed by atoms with Crippen LogP contribution in [0.15, 0.2) is 17.6 Å². The minimum absolute atomic E-state index is 0.682. The predicted octanol–water partition coefficient (Wildman–Crippen LogP) is 2.23. The first kappa shape index (κ1) is 8.94. The van der Waals surface area contributed by atoms with Crippen molar-refractivity contribution >= 4 is 23.4 Å². The Morgan fingerprint density at radius 2 is 2.55 bits per heavy atom. The second-order valence-corrected chi connectivity index (χ2v) is 3.47. The van der Waals surface area contributed by atoms with E-state index in [1.165, 1.54) is 0 Å². The standard InChI is InChI=1S/C7H11ClN2S/c1-2-10-5-4-9-7(10)11-6-3-8/h4-5H,2-3,6H2,1H3. The van der Waals surface area contributed by atoms with E-state index in [1.54, 1.807) is 11.8 Å². The molecule has 0 fully saturated rings. The van der Waals surface area contributed by atoms with Gasteiger partial charge in [-0.2, -0.15) is 0 Å². The van der Waals surface area contributed by atoms with Gasteiger partial charge in [-0.3, -0.25) is 0 Å². The Kier molecular flexibility index (Phi) is 3.80. The van der Waals surface area contributed by atoms with Crippen LogP contribution in [0.25, 0.3) is 0 Å². The summed E-state index contributed by atoms with van der Waals surface area (Å²) in [7, 11) is 0. The molecule has 0 aromatic carbocycles. The Morgan fingerprint density at radius 3 is 3.18 bits per heavy atom. The van der Waals surface area contributed by atoms with Gasteiger partial charge in [-0.15, -0.1) is 11.6 Å². The van der Waals surface area contributed by atoms with E-state index in [0.29, 0.717) is 5.88 Å². The summed E-state index contributed by atoms with van der Waals surface area (Å²) in [6.45, 7) is 3.08. The molecular weight excluding hydrogens is 180 g/mol. The van der Waals surface area contributed by atoms with Crippen LogP contribution in [0.3, 0.4) is 0 Å². The van der Waals surface area contributed by atoms with Crippen molar-refractivity contribution in [3.63, 3.8) is 0 Å². The lowest BCUT2D eigenvalue weighted by molar-refractivity contribution is 0.681. The minimum Gasteiger partial charge on any atom is -0.326 e. The number of halogens is 1. The first-order valence-electron chi connectivity index (χ1n) is 3.58. The molecule has 2 nitrogen and oxygen atoms in total. The quantitative estimate of drug-likeness (QED) is 0.536. The van der Waals surface area contributed by atoms with Crippen LogP contribution in [-0.2, 0) is 6.54 Å². The minimum atomic E-state index is 0.682. The monoisotopic (exact) mass is 190 g/mol. The summed E-state index contributed by atoms with van der Waals surface area (Å²) in [5.41, 5.74) is 0. The molecule has 0 unspecified atom stereocenters. The van der Waals surface area contributed by atoms with Gasteiger partial charge in [-0.1, -0.05) is 11.8 Å². The fraction of sp³-hybridized carbons (Fsp3) is 0.571. The number of imidazole rings is 1. The highest BCUT2D eigenvalue weighted by Crippen LogP contribution is 2.15. The molecule has 1 heterocycles. The van der Waals surface area contributed by atoms with Gasteiger partial charge < -0.3 is 4.57 Å². The van der Waals surface area contributed by atoms with Gasteiger partial charge in [0.2, 0.25) is 0 Å². The maximum Gasteiger partial charge on any atom is 0.167 e. The third kappa shape index (κ3) is 2.42. The van der Waals surface area contributed by atoms with Crippen molar-refractivity contribution in [3.8, 4) is 0 Å². The lowest BCUT2D eigenvalue weighted by Crippen LogP contribution is -1.95. The third-order valence-electron chi connectivity index (χ3n) is 1.33. The fourth-order valence-electron chi connectivity index (χ4n) is 0.806. The Labute approximate surface area is 76.0 Å². The average Bonchev–Trinajstić information content (AvgIpc) is 2.47. The highest BCUT2D eigenvalue weighted by atomic mass is 35.5. The zero-order valence-corrected chi connectivity index (χ0v) is 8.03. The Bertz CT molecular complexity index is 212. The van der Waals surface area contributed by atoms with E-state index < -0.39 is 0 Å². The number of alkyl halides is 1. The fourth-order valence-corrected chi connectivity index (χ4v) is 1.79. The molecule has 0 saturated carbocycles. The van der Waals surface area contributed by atoms with E-state index in [1.807, 2.05) is 12.4 Å². The zero-order chi connectivity index (χ0) is 8.10. The molecule has 0 N–H and O–H groups in total. The average molecular weight is 191 g/mol. The smallest absolute Gasteiger partial charge is 0.167 e. The van der Waals surface area contributed by atoms with E-state index in [0.717, 1.165) is 17.5 Å². The molecule has 0 radical (unpaired) electrons. The highest BCUT2D eigenvalue weighted by Gasteiger charge is 1.99. The molecule has 0 bridgehead atoms. The van der Waals surface area contributed by atoms with Gasteiger partial charge in [0.25, 0.3) is 0 Å². The van der Waals surface area contributed by atoms with Crippen LogP contribution in [0.1, 0.15) is 6.92 Å². The van der Waals surface area contributed by atoms with Crippen molar-refractivity contribution in [2.45, 2.75) is 18.6 Å². The number of hydrogen-bond acceptors (Lipinski definition) is 2. The number of thioether (sulfide) groups is 1. The van der Waals surface area contributed by atoms with Crippen LogP contribution in [0.2, 0.25) is 0 Å². The normalized spacial score (nSPS) is 10.4. The summed E-state index contributed by atoms with van der Waals surface area (Å²) in [5, 5.41) is 1.06. The van der Waals surface area contributed by atoms with Crippen LogP contribution in [0.4, 0.5) is 0 Å². The van der Waals surface area contributed by atoms with Crippen LogP contribution in [0, 0.1) is 0 Å². The molecule has 62 valence electrons. The molecule has 0 atom stereocenters. The summed E-state index contributed by atoms with van der Waals surface area (Å²) >= 11 is 7.25. The van der Waals surface area contributed by atoms with Gasteiger partial charge in [0.05, 0.1) is 0 Å². The Hall–Kier alpha value is -0.150. The molecule has 0 aliphatic carbocycles. The van der Waals surface area contributed by atoms with E-state index in [4.69, 9.17) is 11.6 Å². The largest absolute Gasteiger partial charge is 0.326 e. The zero-order valence-electron chi connectivity index (χ0n) is 6.46. The van der Waals surface area contributed by atoms with Gasteiger partial charge >= 0.3 is 0 Å². The topological polar surface area (TPSA) is 17.8 Å². The van der Waals surface area contributed by atoms with E-state index in [2.05, 4.69) is 16.5 Å². The molecule has 0 saturated heterocycles. The van der Waals surface area contributed by atoms with E-state index in [-0.39, 0.29) is 0 Å². The molecule has 0 aliphatic heterocycles. The number of nitrogens with zero attached hydrogens (tertiary/aromatic N) is 2. The lowest BCUT2D eigenvalue weighted by atomic mass is 10.7. The van der Waals surface area contributed by atoms with Crippen molar-refractivity contribution in [1.82, 2.24) is 9.55 Å². The van der Waals surface area contributed by atoms with Gasteiger partial charge in [0, 0.05) is 30.6 Å². The van der Waals surface area contributed by atoms with Crippen molar-refractivity contribution < 1.29 is 0 Å². The van der Waals surface area contributed by atoms with Crippen molar-refractivity contribution in [2.75, 3.05) is 11.6 Å². The molecule has 11 heavy (non-hydrogen) atoms. The molecule has 1 rings (SSSR count). The Morgan fingerprint density at radius 1 is 1.73 bits per heavy atom. The van der Waals surface area contributed by atoms with Gasteiger partial charge in [0.15, 0.2) is 5.16 Å². The summed E-state index contributed by atoms with van der Waals surface area (Å²) in [6.07, 6.45) is 3.80. The number of rotatable bonds is 4. The van der Waals surface area contributed by atoms with Gasteiger partial charge in [-0.05, 0) is 6.92 Å². The van der Waals surface area contributed by atoms with Gasteiger partial charge in [0.1, 0.15) is 0 Å². The number of aromatic nitrogens is 2. The first-order valence-corrected chi connectivity index (χ1v) is 5.10. The van der Waals surface area contributed by atoms with Crippen molar-refractivity contribution in [1.29, 1.82) is 0 Å². The maximum absolute atomic E-state index is 5.56. The van der Waals surface area contributed by atoms with Crippen molar-refractivity contribution in [2.24, 2.45) is 0 Å². The van der Waals surface area contributed by atoms with Gasteiger partial charge in [-0.25, -0.2) is 4.98 Å². The molecule has 0 spiro atoms. The van der Waals surface area contributed by atoms with E-state index in [9.17, 15) is 0 Å². The highest BCUT2D eigenvalue weighted by molar-refractivity contribution is 7.99. The maximum atomic E-state index is 5.56. The van der Waals surface area contributed by atoms with Crippen molar-refractivity contribution in [3.05, 3.63) is 12.4 Å². The summed E-state index contributed by atoms with van der Waals surface area (Å²) in [5.74, 6) is 1.61. The summed E-state index contributed by atoms with van der Waals surface area (Å²) < 4.78 is 2.11. The van der Waals surface area contributed by atoms with Crippen LogP contribution < -0.4 is 0 Å².